The van der Waals surface area contributed by atoms with Gasteiger partial charge in [-0.1, -0.05) is 25.5 Å². The van der Waals surface area contributed by atoms with Crippen LogP contribution in [0.25, 0.3) is 21.6 Å². The number of H-pyrrole nitrogens is 1. The van der Waals surface area contributed by atoms with E-state index in [2.05, 4.69) is 11.6 Å². The normalized spacial score (nSPS) is 14.5. The first-order valence-corrected chi connectivity index (χ1v) is 9.96. The van der Waals surface area contributed by atoms with Crippen LogP contribution in [0.15, 0.2) is 41.7 Å². The van der Waals surface area contributed by atoms with E-state index >= 15 is 0 Å². The van der Waals surface area contributed by atoms with E-state index in [1.54, 1.807) is 17.4 Å². The topological polar surface area (TPSA) is 55.0 Å². The van der Waals surface area contributed by atoms with Gasteiger partial charge in [0.05, 0.1) is 5.39 Å². The molecule has 3 aromatic rings. The van der Waals surface area contributed by atoms with Gasteiger partial charge in [-0.3, -0.25) is 4.79 Å². The van der Waals surface area contributed by atoms with E-state index in [9.17, 15) is 4.79 Å². The predicted molar refractivity (Wildman–Crippen MR) is 107 cm³/mol. The first-order chi connectivity index (χ1) is 12.8. The van der Waals surface area contributed by atoms with E-state index in [4.69, 9.17) is 9.72 Å². The van der Waals surface area contributed by atoms with Gasteiger partial charge < -0.3 is 9.72 Å². The number of rotatable bonds is 4. The lowest BCUT2D eigenvalue weighted by atomic mass is 9.98. The van der Waals surface area contributed by atoms with Crippen molar-refractivity contribution in [2.24, 2.45) is 0 Å². The molecule has 1 aliphatic rings. The minimum atomic E-state index is -0.0185. The highest BCUT2D eigenvalue weighted by Gasteiger charge is 2.18. The smallest absolute Gasteiger partial charge is 0.260 e. The molecule has 0 saturated heterocycles. The summed E-state index contributed by atoms with van der Waals surface area (Å²) in [7, 11) is 0. The standard InChI is InChI=1S/C21H22N2O2S/c1-2-13-25-15-11-9-14(10-12-15)19-22-20(24)18-16-7-5-3-4-6-8-17(16)26-21(18)23-19/h2,9-12H,1,3-8,13H2,(H,22,23,24). The zero-order valence-corrected chi connectivity index (χ0v) is 15.5. The van der Waals surface area contributed by atoms with Crippen molar-refractivity contribution in [3.63, 3.8) is 0 Å². The molecule has 2 aromatic heterocycles. The number of aromatic amines is 1. The molecule has 0 spiro atoms. The number of hydrogen-bond acceptors (Lipinski definition) is 4. The second-order valence-electron chi connectivity index (χ2n) is 6.64. The lowest BCUT2D eigenvalue weighted by Gasteiger charge is -2.08. The van der Waals surface area contributed by atoms with Crippen LogP contribution in [0.5, 0.6) is 5.75 Å². The maximum atomic E-state index is 12.8. The van der Waals surface area contributed by atoms with Crippen LogP contribution in [0.4, 0.5) is 0 Å². The summed E-state index contributed by atoms with van der Waals surface area (Å²) in [6.07, 6.45) is 8.67. The van der Waals surface area contributed by atoms with E-state index in [1.165, 1.54) is 29.7 Å². The number of fused-ring (bicyclic) bond motifs is 3. The summed E-state index contributed by atoms with van der Waals surface area (Å²) in [5, 5.41) is 0.807. The molecule has 4 rings (SSSR count). The van der Waals surface area contributed by atoms with Crippen LogP contribution >= 0.6 is 11.3 Å². The summed E-state index contributed by atoms with van der Waals surface area (Å²) < 4.78 is 5.51. The number of nitrogens with one attached hydrogen (secondary N) is 1. The molecule has 134 valence electrons. The molecule has 0 unspecified atom stereocenters. The van der Waals surface area contributed by atoms with Gasteiger partial charge in [0.25, 0.3) is 5.56 Å². The Morgan fingerprint density at radius 1 is 1.15 bits per heavy atom. The van der Waals surface area contributed by atoms with Crippen molar-refractivity contribution >= 4 is 21.6 Å². The van der Waals surface area contributed by atoms with E-state index < -0.39 is 0 Å². The molecule has 5 heteroatoms. The van der Waals surface area contributed by atoms with Crippen LogP contribution in [0.2, 0.25) is 0 Å². The van der Waals surface area contributed by atoms with Crippen LogP contribution in [-0.2, 0) is 12.8 Å². The minimum absolute atomic E-state index is 0.0185. The molecule has 0 bridgehead atoms. The Balaban J connectivity index is 1.73. The van der Waals surface area contributed by atoms with Gasteiger partial charge >= 0.3 is 0 Å². The zero-order chi connectivity index (χ0) is 17.9. The number of nitrogens with zero attached hydrogens (tertiary/aromatic N) is 1. The summed E-state index contributed by atoms with van der Waals surface area (Å²) in [5.41, 5.74) is 2.10. The van der Waals surface area contributed by atoms with Gasteiger partial charge in [0, 0.05) is 10.4 Å². The quantitative estimate of drug-likeness (QED) is 0.670. The van der Waals surface area contributed by atoms with Crippen molar-refractivity contribution in [1.29, 1.82) is 0 Å². The van der Waals surface area contributed by atoms with Crippen molar-refractivity contribution in [1.82, 2.24) is 9.97 Å². The monoisotopic (exact) mass is 366 g/mol. The van der Waals surface area contributed by atoms with Gasteiger partial charge in [-0.25, -0.2) is 4.98 Å². The van der Waals surface area contributed by atoms with Gasteiger partial charge in [-0.2, -0.15) is 0 Å². The predicted octanol–water partition coefficient (Wildman–Crippen LogP) is 4.88. The highest BCUT2D eigenvalue weighted by atomic mass is 32.1. The highest BCUT2D eigenvalue weighted by Crippen LogP contribution is 2.33. The molecule has 0 aliphatic heterocycles. The molecule has 2 heterocycles. The van der Waals surface area contributed by atoms with Crippen LogP contribution in [0.3, 0.4) is 0 Å². The third-order valence-electron chi connectivity index (χ3n) is 4.82. The molecule has 26 heavy (non-hydrogen) atoms. The van der Waals surface area contributed by atoms with Gasteiger partial charge in [0.15, 0.2) is 0 Å². The molecular formula is C21H22N2O2S. The molecule has 1 aliphatic carbocycles. The molecular weight excluding hydrogens is 344 g/mol. The SMILES string of the molecule is C=CCOc1ccc(-c2nc3sc4c(c3c(=O)[nH]2)CCCCCC4)cc1. The first kappa shape index (κ1) is 17.0. The Morgan fingerprint density at radius 2 is 1.92 bits per heavy atom. The molecule has 1 N–H and O–H groups in total. The van der Waals surface area contributed by atoms with E-state index in [0.29, 0.717) is 12.4 Å². The van der Waals surface area contributed by atoms with Crippen LogP contribution in [0, 0.1) is 0 Å². The van der Waals surface area contributed by atoms with Crippen molar-refractivity contribution in [3.8, 4) is 17.1 Å². The van der Waals surface area contributed by atoms with Gasteiger partial charge in [0.1, 0.15) is 23.0 Å². The summed E-state index contributed by atoms with van der Waals surface area (Å²) >= 11 is 1.69. The Morgan fingerprint density at radius 3 is 2.69 bits per heavy atom. The number of ether oxygens (including phenoxy) is 1. The molecule has 0 saturated carbocycles. The zero-order valence-electron chi connectivity index (χ0n) is 14.7. The molecule has 1 aromatic carbocycles. The van der Waals surface area contributed by atoms with Crippen molar-refractivity contribution in [2.75, 3.05) is 6.61 Å². The van der Waals surface area contributed by atoms with Crippen molar-refractivity contribution < 1.29 is 4.74 Å². The maximum absolute atomic E-state index is 12.8. The Bertz CT molecular complexity index is 986. The Hall–Kier alpha value is -2.40. The lowest BCUT2D eigenvalue weighted by Crippen LogP contribution is -2.10. The third kappa shape index (κ3) is 3.31. The fraction of sp³-hybridized carbons (Fsp3) is 0.333. The number of benzene rings is 1. The van der Waals surface area contributed by atoms with E-state index in [-0.39, 0.29) is 5.56 Å². The van der Waals surface area contributed by atoms with Crippen LogP contribution < -0.4 is 10.3 Å². The summed E-state index contributed by atoms with van der Waals surface area (Å²) in [6.45, 7) is 4.12. The third-order valence-corrected chi connectivity index (χ3v) is 6.01. The second-order valence-corrected chi connectivity index (χ2v) is 7.72. The fourth-order valence-electron chi connectivity index (χ4n) is 3.52. The summed E-state index contributed by atoms with van der Waals surface area (Å²) in [6, 6.07) is 7.62. The lowest BCUT2D eigenvalue weighted by molar-refractivity contribution is 0.363. The highest BCUT2D eigenvalue weighted by molar-refractivity contribution is 7.18. The van der Waals surface area contributed by atoms with Crippen LogP contribution in [-0.4, -0.2) is 16.6 Å². The second kappa shape index (κ2) is 7.46. The largest absolute Gasteiger partial charge is 0.490 e. The number of aromatic nitrogens is 2. The van der Waals surface area contributed by atoms with E-state index in [1.807, 2.05) is 24.3 Å². The van der Waals surface area contributed by atoms with E-state index in [0.717, 1.165) is 40.8 Å². The average Bonchev–Trinajstić information content (AvgIpc) is 2.97. The molecule has 0 radical (unpaired) electrons. The van der Waals surface area contributed by atoms with Crippen molar-refractivity contribution in [2.45, 2.75) is 38.5 Å². The molecule has 0 amide bonds. The Labute approximate surface area is 156 Å². The average molecular weight is 366 g/mol. The van der Waals surface area contributed by atoms with Gasteiger partial charge in [-0.15, -0.1) is 11.3 Å². The molecule has 0 fully saturated rings. The minimum Gasteiger partial charge on any atom is -0.490 e. The molecule has 0 atom stereocenters. The number of thiophene rings is 1. The summed E-state index contributed by atoms with van der Waals surface area (Å²) in [4.78, 5) is 22.8. The number of aryl methyl sites for hydroxylation is 2. The molecule has 4 nitrogen and oxygen atoms in total. The maximum Gasteiger partial charge on any atom is 0.260 e. The van der Waals surface area contributed by atoms with Gasteiger partial charge in [-0.05, 0) is 55.5 Å². The first-order valence-electron chi connectivity index (χ1n) is 9.15. The fourth-order valence-corrected chi connectivity index (χ4v) is 4.78. The van der Waals surface area contributed by atoms with Crippen molar-refractivity contribution in [3.05, 3.63) is 57.7 Å². The summed E-state index contributed by atoms with van der Waals surface area (Å²) in [5.74, 6) is 1.39. The Kier molecular flexibility index (Phi) is 4.89. The van der Waals surface area contributed by atoms with Gasteiger partial charge in [0.2, 0.25) is 0 Å². The number of hydrogen-bond donors (Lipinski definition) is 1. The van der Waals surface area contributed by atoms with Crippen LogP contribution in [0.1, 0.15) is 36.1 Å².